The quantitative estimate of drug-likeness (QED) is 0.742. The molecule has 1 aliphatic rings. The molecule has 0 amide bonds. The molecule has 0 radical (unpaired) electrons. The van der Waals surface area contributed by atoms with Gasteiger partial charge in [0.2, 0.25) is 0 Å². The van der Waals surface area contributed by atoms with Crippen molar-refractivity contribution >= 4 is 0 Å². The summed E-state index contributed by atoms with van der Waals surface area (Å²) in [6.45, 7) is 2.06. The van der Waals surface area contributed by atoms with Gasteiger partial charge in [-0.25, -0.2) is 4.39 Å². The first-order valence-corrected chi connectivity index (χ1v) is 7.75. The third-order valence-electron chi connectivity index (χ3n) is 4.61. The van der Waals surface area contributed by atoms with Crippen molar-refractivity contribution in [2.24, 2.45) is 7.05 Å². The fourth-order valence-electron chi connectivity index (χ4n) is 3.14. The fraction of sp³-hybridized carbons (Fsp3) is 0.353. The Morgan fingerprint density at radius 3 is 2.87 bits per heavy atom. The van der Waals surface area contributed by atoms with E-state index >= 15 is 0 Å². The average Bonchev–Trinajstić information content (AvgIpc) is 3.05. The predicted octanol–water partition coefficient (Wildman–Crippen LogP) is 3.25. The van der Waals surface area contributed by atoms with Crippen LogP contribution in [0.1, 0.15) is 36.8 Å². The van der Waals surface area contributed by atoms with Gasteiger partial charge in [-0.1, -0.05) is 24.2 Å². The normalized spacial score (nSPS) is 15.8. The standard InChI is InChI=1S/C17H17FN4O/c1-3-14-13(10-19-22(14)2)15-20-16(21-23-15)17(7-8-17)11-5-4-6-12(18)9-11/h4-6,9-10H,3,7-8H2,1-2H3. The molecule has 23 heavy (non-hydrogen) atoms. The number of aryl methyl sites for hydroxylation is 1. The predicted molar refractivity (Wildman–Crippen MR) is 82.3 cm³/mol. The summed E-state index contributed by atoms with van der Waals surface area (Å²) in [7, 11) is 1.90. The summed E-state index contributed by atoms with van der Waals surface area (Å²) in [4.78, 5) is 4.59. The van der Waals surface area contributed by atoms with E-state index in [1.807, 2.05) is 17.8 Å². The zero-order valence-electron chi connectivity index (χ0n) is 13.1. The lowest BCUT2D eigenvalue weighted by Gasteiger charge is -2.10. The molecular weight excluding hydrogens is 295 g/mol. The Hall–Kier alpha value is -2.50. The maximum absolute atomic E-state index is 13.5. The molecule has 1 saturated carbocycles. The van der Waals surface area contributed by atoms with E-state index in [0.717, 1.165) is 36.1 Å². The van der Waals surface area contributed by atoms with Crippen LogP contribution < -0.4 is 0 Å². The minimum absolute atomic E-state index is 0.238. The van der Waals surface area contributed by atoms with E-state index < -0.39 is 0 Å². The van der Waals surface area contributed by atoms with Crippen LogP contribution in [-0.4, -0.2) is 19.9 Å². The number of aromatic nitrogens is 4. The highest BCUT2D eigenvalue weighted by molar-refractivity contribution is 5.56. The maximum atomic E-state index is 13.5. The van der Waals surface area contributed by atoms with Gasteiger partial charge >= 0.3 is 0 Å². The summed E-state index contributed by atoms with van der Waals surface area (Å²) in [6, 6.07) is 6.66. The summed E-state index contributed by atoms with van der Waals surface area (Å²) < 4.78 is 20.8. The highest BCUT2D eigenvalue weighted by Crippen LogP contribution is 2.52. The molecule has 0 N–H and O–H groups in total. The molecule has 0 spiro atoms. The van der Waals surface area contributed by atoms with E-state index in [0.29, 0.717) is 11.7 Å². The number of benzene rings is 1. The number of halogens is 1. The van der Waals surface area contributed by atoms with Crippen LogP contribution in [-0.2, 0) is 18.9 Å². The molecule has 1 aliphatic carbocycles. The Kier molecular flexibility index (Phi) is 3.07. The fourth-order valence-corrected chi connectivity index (χ4v) is 3.14. The molecule has 2 aromatic heterocycles. The lowest BCUT2D eigenvalue weighted by Crippen LogP contribution is -2.11. The van der Waals surface area contributed by atoms with Gasteiger partial charge in [0.1, 0.15) is 5.82 Å². The molecule has 5 nitrogen and oxygen atoms in total. The van der Waals surface area contributed by atoms with Gasteiger partial charge in [0, 0.05) is 7.05 Å². The molecule has 1 aromatic carbocycles. The van der Waals surface area contributed by atoms with E-state index in [1.165, 1.54) is 6.07 Å². The van der Waals surface area contributed by atoms with Crippen molar-refractivity contribution in [1.29, 1.82) is 0 Å². The average molecular weight is 312 g/mol. The minimum atomic E-state index is -0.307. The van der Waals surface area contributed by atoms with Gasteiger partial charge in [0.05, 0.1) is 22.9 Å². The Morgan fingerprint density at radius 2 is 2.17 bits per heavy atom. The van der Waals surface area contributed by atoms with Gasteiger partial charge in [-0.05, 0) is 37.0 Å². The zero-order chi connectivity index (χ0) is 16.0. The summed E-state index contributed by atoms with van der Waals surface area (Å²) >= 11 is 0. The van der Waals surface area contributed by atoms with Gasteiger partial charge in [0.15, 0.2) is 5.82 Å². The molecule has 0 bridgehead atoms. The van der Waals surface area contributed by atoms with Crippen molar-refractivity contribution < 1.29 is 8.91 Å². The maximum Gasteiger partial charge on any atom is 0.261 e. The van der Waals surface area contributed by atoms with Crippen LogP contribution >= 0.6 is 0 Å². The van der Waals surface area contributed by atoms with Crippen LogP contribution in [0.5, 0.6) is 0 Å². The molecule has 0 atom stereocenters. The lowest BCUT2D eigenvalue weighted by atomic mass is 9.95. The molecular formula is C17H17FN4O. The third kappa shape index (κ3) is 2.17. The van der Waals surface area contributed by atoms with Gasteiger partial charge < -0.3 is 4.52 Å². The van der Waals surface area contributed by atoms with Crippen LogP contribution in [0.15, 0.2) is 35.0 Å². The van der Waals surface area contributed by atoms with Gasteiger partial charge in [-0.2, -0.15) is 10.1 Å². The Balaban J connectivity index is 1.73. The largest absolute Gasteiger partial charge is 0.334 e. The van der Waals surface area contributed by atoms with E-state index in [-0.39, 0.29) is 11.2 Å². The smallest absolute Gasteiger partial charge is 0.261 e. The van der Waals surface area contributed by atoms with Crippen molar-refractivity contribution in [3.05, 3.63) is 53.4 Å². The van der Waals surface area contributed by atoms with Crippen LogP contribution in [0.25, 0.3) is 11.5 Å². The van der Waals surface area contributed by atoms with Crippen molar-refractivity contribution in [2.45, 2.75) is 31.6 Å². The summed E-state index contributed by atoms with van der Waals surface area (Å²) in [5.74, 6) is 0.870. The second-order valence-electron chi connectivity index (χ2n) is 6.00. The summed E-state index contributed by atoms with van der Waals surface area (Å²) in [6.07, 6.45) is 4.39. The molecule has 2 heterocycles. The first kappa shape index (κ1) is 14.1. The second kappa shape index (κ2) is 5.01. The molecule has 6 heteroatoms. The van der Waals surface area contributed by atoms with E-state index in [4.69, 9.17) is 4.52 Å². The monoisotopic (exact) mass is 312 g/mol. The van der Waals surface area contributed by atoms with Crippen LogP contribution in [0.2, 0.25) is 0 Å². The molecule has 0 aliphatic heterocycles. The zero-order valence-corrected chi connectivity index (χ0v) is 13.1. The van der Waals surface area contributed by atoms with Crippen LogP contribution in [0.4, 0.5) is 4.39 Å². The van der Waals surface area contributed by atoms with Crippen molar-refractivity contribution in [3.63, 3.8) is 0 Å². The lowest BCUT2D eigenvalue weighted by molar-refractivity contribution is 0.417. The van der Waals surface area contributed by atoms with Crippen LogP contribution in [0, 0.1) is 5.82 Å². The Morgan fingerprint density at radius 1 is 1.35 bits per heavy atom. The number of hydrogen-bond acceptors (Lipinski definition) is 4. The number of nitrogens with zero attached hydrogens (tertiary/aromatic N) is 4. The molecule has 0 unspecified atom stereocenters. The number of hydrogen-bond donors (Lipinski definition) is 0. The molecule has 3 aromatic rings. The molecule has 1 fully saturated rings. The Bertz CT molecular complexity index is 863. The molecule has 4 rings (SSSR count). The van der Waals surface area contributed by atoms with Gasteiger partial charge in [-0.15, -0.1) is 0 Å². The van der Waals surface area contributed by atoms with Crippen LogP contribution in [0.3, 0.4) is 0 Å². The summed E-state index contributed by atoms with van der Waals surface area (Å²) in [5, 5.41) is 8.43. The second-order valence-corrected chi connectivity index (χ2v) is 6.00. The first-order chi connectivity index (χ1) is 11.1. The summed E-state index contributed by atoms with van der Waals surface area (Å²) in [5.41, 5.74) is 2.52. The van der Waals surface area contributed by atoms with Crippen molar-refractivity contribution in [2.75, 3.05) is 0 Å². The Labute approximate surface area is 133 Å². The highest BCUT2D eigenvalue weighted by Gasteiger charge is 2.50. The van der Waals surface area contributed by atoms with E-state index in [9.17, 15) is 4.39 Å². The van der Waals surface area contributed by atoms with Gasteiger partial charge in [0.25, 0.3) is 5.89 Å². The highest BCUT2D eigenvalue weighted by atomic mass is 19.1. The molecule has 118 valence electrons. The van der Waals surface area contributed by atoms with Crippen molar-refractivity contribution in [1.82, 2.24) is 19.9 Å². The minimum Gasteiger partial charge on any atom is -0.334 e. The number of rotatable bonds is 4. The first-order valence-electron chi connectivity index (χ1n) is 7.75. The van der Waals surface area contributed by atoms with Crippen molar-refractivity contribution in [3.8, 4) is 11.5 Å². The topological polar surface area (TPSA) is 56.7 Å². The van der Waals surface area contributed by atoms with Gasteiger partial charge in [-0.3, -0.25) is 4.68 Å². The molecule has 0 saturated heterocycles. The third-order valence-corrected chi connectivity index (χ3v) is 4.61. The SMILES string of the molecule is CCc1c(-c2nc(C3(c4cccc(F)c4)CC3)no2)cnn1C. The van der Waals surface area contributed by atoms with E-state index in [2.05, 4.69) is 22.2 Å². The van der Waals surface area contributed by atoms with E-state index in [1.54, 1.807) is 18.3 Å².